The van der Waals surface area contributed by atoms with Gasteiger partial charge in [0.15, 0.2) is 5.69 Å². The SMILES string of the molecule is NC(=O)c1cccc(-n2ccc(NC(=O)c3ccc(Br)cc3)c2C(=O)O)c1. The summed E-state index contributed by atoms with van der Waals surface area (Å²) in [7, 11) is 0. The van der Waals surface area contributed by atoms with Crippen molar-refractivity contribution in [3.63, 3.8) is 0 Å². The highest BCUT2D eigenvalue weighted by atomic mass is 79.9. The Morgan fingerprint density at radius 3 is 2.33 bits per heavy atom. The highest BCUT2D eigenvalue weighted by molar-refractivity contribution is 9.10. The Morgan fingerprint density at radius 2 is 1.70 bits per heavy atom. The molecule has 0 aliphatic carbocycles. The first-order chi connectivity index (χ1) is 12.9. The fourth-order valence-corrected chi connectivity index (χ4v) is 2.84. The molecule has 3 rings (SSSR count). The lowest BCUT2D eigenvalue weighted by atomic mass is 10.2. The van der Waals surface area contributed by atoms with Gasteiger partial charge in [-0.05, 0) is 48.5 Å². The van der Waals surface area contributed by atoms with E-state index in [4.69, 9.17) is 5.73 Å². The van der Waals surface area contributed by atoms with E-state index in [-0.39, 0.29) is 16.9 Å². The lowest BCUT2D eigenvalue weighted by Gasteiger charge is -2.10. The standard InChI is InChI=1S/C19H14BrN3O4/c20-13-6-4-11(5-7-13)18(25)22-15-8-9-23(16(15)19(26)27)14-3-1-2-12(10-14)17(21)24/h1-10H,(H2,21,24)(H,22,25)(H,26,27). The van der Waals surface area contributed by atoms with E-state index < -0.39 is 17.8 Å². The largest absolute Gasteiger partial charge is 0.476 e. The Hall–Kier alpha value is -3.39. The predicted octanol–water partition coefficient (Wildman–Crippen LogP) is 3.29. The fourth-order valence-electron chi connectivity index (χ4n) is 2.57. The zero-order valence-corrected chi connectivity index (χ0v) is 15.4. The smallest absolute Gasteiger partial charge is 0.355 e. The van der Waals surface area contributed by atoms with Crippen LogP contribution >= 0.6 is 15.9 Å². The van der Waals surface area contributed by atoms with Crippen molar-refractivity contribution in [1.82, 2.24) is 4.57 Å². The number of hydrogen-bond acceptors (Lipinski definition) is 3. The monoisotopic (exact) mass is 427 g/mol. The summed E-state index contributed by atoms with van der Waals surface area (Å²) in [6.45, 7) is 0. The molecule has 8 heteroatoms. The lowest BCUT2D eigenvalue weighted by Crippen LogP contribution is -2.16. The molecule has 1 aromatic heterocycles. The predicted molar refractivity (Wildman–Crippen MR) is 103 cm³/mol. The van der Waals surface area contributed by atoms with Gasteiger partial charge in [0, 0.05) is 27.5 Å². The molecule has 4 N–H and O–H groups in total. The van der Waals surface area contributed by atoms with Gasteiger partial charge in [-0.1, -0.05) is 22.0 Å². The average molecular weight is 428 g/mol. The summed E-state index contributed by atoms with van der Waals surface area (Å²) >= 11 is 3.29. The van der Waals surface area contributed by atoms with Crippen LogP contribution in [0.5, 0.6) is 0 Å². The Morgan fingerprint density at radius 1 is 1.00 bits per heavy atom. The van der Waals surface area contributed by atoms with Crippen LogP contribution in [-0.2, 0) is 0 Å². The first-order valence-corrected chi connectivity index (χ1v) is 8.58. The molecule has 0 aliphatic rings. The normalized spacial score (nSPS) is 10.4. The van der Waals surface area contributed by atoms with Crippen molar-refractivity contribution in [2.45, 2.75) is 0 Å². The molecule has 1 heterocycles. The average Bonchev–Trinajstić information content (AvgIpc) is 3.06. The highest BCUT2D eigenvalue weighted by Crippen LogP contribution is 2.23. The van der Waals surface area contributed by atoms with Crippen molar-refractivity contribution < 1.29 is 19.5 Å². The van der Waals surface area contributed by atoms with Crippen molar-refractivity contribution in [1.29, 1.82) is 0 Å². The Labute approximate surface area is 162 Å². The number of aromatic nitrogens is 1. The van der Waals surface area contributed by atoms with Gasteiger partial charge in [-0.15, -0.1) is 0 Å². The summed E-state index contributed by atoms with van der Waals surface area (Å²) in [6, 6.07) is 14.4. The second kappa shape index (κ2) is 7.46. The molecule has 2 amide bonds. The van der Waals surface area contributed by atoms with Crippen molar-refractivity contribution in [3.8, 4) is 5.69 Å². The van der Waals surface area contributed by atoms with Gasteiger partial charge in [0.2, 0.25) is 5.91 Å². The van der Waals surface area contributed by atoms with Gasteiger partial charge in [0.1, 0.15) is 0 Å². The molecule has 2 aromatic carbocycles. The van der Waals surface area contributed by atoms with Gasteiger partial charge in [-0.2, -0.15) is 0 Å². The molecule has 3 aromatic rings. The minimum Gasteiger partial charge on any atom is -0.476 e. The van der Waals surface area contributed by atoms with E-state index in [9.17, 15) is 19.5 Å². The van der Waals surface area contributed by atoms with Gasteiger partial charge < -0.3 is 20.7 Å². The van der Waals surface area contributed by atoms with Crippen LogP contribution in [-0.4, -0.2) is 27.5 Å². The second-order valence-electron chi connectivity index (χ2n) is 5.63. The van der Waals surface area contributed by atoms with E-state index >= 15 is 0 Å². The molecular weight excluding hydrogens is 414 g/mol. The maximum Gasteiger partial charge on any atom is 0.355 e. The summed E-state index contributed by atoms with van der Waals surface area (Å²) < 4.78 is 2.19. The molecule has 27 heavy (non-hydrogen) atoms. The second-order valence-corrected chi connectivity index (χ2v) is 6.54. The third-order valence-corrected chi connectivity index (χ3v) is 4.38. The zero-order chi connectivity index (χ0) is 19.6. The Bertz CT molecular complexity index is 1040. The third-order valence-electron chi connectivity index (χ3n) is 3.85. The van der Waals surface area contributed by atoms with Crippen molar-refractivity contribution in [2.75, 3.05) is 5.32 Å². The number of primary amides is 1. The number of aromatic carboxylic acids is 1. The Balaban J connectivity index is 1.97. The molecule has 0 spiro atoms. The number of nitrogens with one attached hydrogen (secondary N) is 1. The summed E-state index contributed by atoms with van der Waals surface area (Å²) in [5, 5.41) is 12.2. The van der Waals surface area contributed by atoms with Crippen LogP contribution in [0.15, 0.2) is 65.3 Å². The summed E-state index contributed by atoms with van der Waals surface area (Å²) in [4.78, 5) is 35.6. The topological polar surface area (TPSA) is 114 Å². The van der Waals surface area contributed by atoms with E-state index in [2.05, 4.69) is 21.2 Å². The molecule has 0 aliphatic heterocycles. The molecule has 0 fully saturated rings. The number of carbonyl (C=O) groups is 3. The van der Waals surface area contributed by atoms with Gasteiger partial charge in [0.05, 0.1) is 5.69 Å². The van der Waals surface area contributed by atoms with Gasteiger partial charge in [0.25, 0.3) is 5.91 Å². The van der Waals surface area contributed by atoms with Crippen molar-refractivity contribution >= 4 is 39.4 Å². The number of amides is 2. The van der Waals surface area contributed by atoms with Crippen LogP contribution in [0, 0.1) is 0 Å². The number of carboxylic acid groups (broad SMARTS) is 1. The van der Waals surface area contributed by atoms with E-state index in [1.54, 1.807) is 36.4 Å². The number of carboxylic acids is 1. The van der Waals surface area contributed by atoms with Crippen LogP contribution in [0.4, 0.5) is 5.69 Å². The maximum atomic E-state index is 12.4. The van der Waals surface area contributed by atoms with Gasteiger partial charge in [-0.25, -0.2) is 4.79 Å². The first kappa shape index (κ1) is 18.4. The number of benzene rings is 2. The molecular formula is C19H14BrN3O4. The summed E-state index contributed by atoms with van der Waals surface area (Å²) in [5.74, 6) is -2.28. The summed E-state index contributed by atoms with van der Waals surface area (Å²) in [6.07, 6.45) is 1.50. The molecule has 0 bridgehead atoms. The molecule has 0 saturated heterocycles. The molecule has 0 atom stereocenters. The summed E-state index contributed by atoms with van der Waals surface area (Å²) in [5.41, 5.74) is 6.35. The number of carbonyl (C=O) groups excluding carboxylic acids is 2. The molecule has 7 nitrogen and oxygen atoms in total. The molecule has 0 unspecified atom stereocenters. The van der Waals surface area contributed by atoms with E-state index in [0.717, 1.165) is 4.47 Å². The van der Waals surface area contributed by atoms with Gasteiger partial charge >= 0.3 is 5.97 Å². The van der Waals surface area contributed by atoms with E-state index in [1.165, 1.54) is 29.0 Å². The lowest BCUT2D eigenvalue weighted by molar-refractivity contribution is 0.0689. The number of rotatable bonds is 5. The number of nitrogens with two attached hydrogens (primary N) is 1. The van der Waals surface area contributed by atoms with Crippen molar-refractivity contribution in [3.05, 3.63) is 82.1 Å². The molecule has 0 saturated carbocycles. The fraction of sp³-hybridized carbons (Fsp3) is 0. The Kier molecular flexibility index (Phi) is 5.09. The number of halogens is 1. The van der Waals surface area contributed by atoms with Crippen LogP contribution in [0.3, 0.4) is 0 Å². The van der Waals surface area contributed by atoms with Crippen LogP contribution < -0.4 is 11.1 Å². The van der Waals surface area contributed by atoms with Crippen molar-refractivity contribution in [2.24, 2.45) is 5.73 Å². The molecule has 136 valence electrons. The quantitative estimate of drug-likeness (QED) is 0.579. The van der Waals surface area contributed by atoms with E-state index in [1.807, 2.05) is 0 Å². The number of hydrogen-bond donors (Lipinski definition) is 3. The molecule has 0 radical (unpaired) electrons. The zero-order valence-electron chi connectivity index (χ0n) is 13.8. The van der Waals surface area contributed by atoms with E-state index in [0.29, 0.717) is 11.3 Å². The van der Waals surface area contributed by atoms with Crippen LogP contribution in [0.1, 0.15) is 31.2 Å². The third kappa shape index (κ3) is 3.90. The van der Waals surface area contributed by atoms with Crippen LogP contribution in [0.2, 0.25) is 0 Å². The highest BCUT2D eigenvalue weighted by Gasteiger charge is 2.20. The minimum absolute atomic E-state index is 0.137. The minimum atomic E-state index is -1.23. The van der Waals surface area contributed by atoms with Crippen LogP contribution in [0.25, 0.3) is 5.69 Å². The number of anilines is 1. The maximum absolute atomic E-state index is 12.4. The first-order valence-electron chi connectivity index (χ1n) is 7.78. The van der Waals surface area contributed by atoms with Gasteiger partial charge in [-0.3, -0.25) is 9.59 Å². The number of nitrogens with zero attached hydrogens (tertiary/aromatic N) is 1.